The van der Waals surface area contributed by atoms with Gasteiger partial charge in [0.15, 0.2) is 6.61 Å². The smallest absolute Gasteiger partial charge is 0.260 e. The van der Waals surface area contributed by atoms with Crippen LogP contribution in [0.1, 0.15) is 18.4 Å². The zero-order chi connectivity index (χ0) is 13.9. The quantitative estimate of drug-likeness (QED) is 0.837. The molecule has 2 aliphatic rings. The average Bonchev–Trinajstić information content (AvgIpc) is 3.30. The fourth-order valence-corrected chi connectivity index (χ4v) is 2.72. The van der Waals surface area contributed by atoms with E-state index in [-0.39, 0.29) is 12.5 Å². The van der Waals surface area contributed by atoms with Crippen LogP contribution in [-0.4, -0.2) is 54.5 Å². The highest BCUT2D eigenvalue weighted by Crippen LogP contribution is 2.27. The molecule has 2 fully saturated rings. The van der Waals surface area contributed by atoms with Crippen molar-refractivity contribution in [1.82, 2.24) is 9.80 Å². The average molecular weight is 274 g/mol. The second-order valence-corrected chi connectivity index (χ2v) is 5.75. The Morgan fingerprint density at radius 1 is 1.25 bits per heavy atom. The number of rotatable bonds is 4. The Balaban J connectivity index is 1.45. The zero-order valence-corrected chi connectivity index (χ0v) is 12.0. The summed E-state index contributed by atoms with van der Waals surface area (Å²) in [6, 6.07) is 8.62. The number of nitrogens with zero attached hydrogens (tertiary/aromatic N) is 2. The Morgan fingerprint density at radius 2 is 2.00 bits per heavy atom. The van der Waals surface area contributed by atoms with Crippen LogP contribution in [0.2, 0.25) is 0 Å². The monoisotopic (exact) mass is 274 g/mol. The van der Waals surface area contributed by atoms with Crippen molar-refractivity contribution in [2.24, 2.45) is 0 Å². The van der Waals surface area contributed by atoms with Crippen LogP contribution in [0.25, 0.3) is 0 Å². The van der Waals surface area contributed by atoms with E-state index in [0.717, 1.165) is 43.5 Å². The predicted octanol–water partition coefficient (Wildman–Crippen LogP) is 1.68. The molecule has 4 heteroatoms. The number of hydrogen-bond acceptors (Lipinski definition) is 3. The minimum Gasteiger partial charge on any atom is -0.484 e. The van der Waals surface area contributed by atoms with E-state index >= 15 is 0 Å². The Morgan fingerprint density at radius 3 is 2.65 bits per heavy atom. The number of amides is 1. The van der Waals surface area contributed by atoms with Crippen molar-refractivity contribution >= 4 is 5.91 Å². The van der Waals surface area contributed by atoms with Gasteiger partial charge >= 0.3 is 0 Å². The van der Waals surface area contributed by atoms with Crippen LogP contribution >= 0.6 is 0 Å². The van der Waals surface area contributed by atoms with E-state index in [1.165, 1.54) is 12.8 Å². The topological polar surface area (TPSA) is 32.8 Å². The van der Waals surface area contributed by atoms with E-state index in [2.05, 4.69) is 4.90 Å². The van der Waals surface area contributed by atoms with E-state index in [1.807, 2.05) is 36.1 Å². The lowest BCUT2D eigenvalue weighted by Crippen LogP contribution is -2.50. The SMILES string of the molecule is Cc1cccc(OCC(=O)N2CCN(C3CC3)CC2)c1. The molecule has 4 nitrogen and oxygen atoms in total. The van der Waals surface area contributed by atoms with Gasteiger partial charge in [0, 0.05) is 32.2 Å². The van der Waals surface area contributed by atoms with Gasteiger partial charge in [-0.3, -0.25) is 9.69 Å². The number of benzene rings is 1. The molecule has 0 unspecified atom stereocenters. The summed E-state index contributed by atoms with van der Waals surface area (Å²) in [5.74, 6) is 0.872. The van der Waals surface area contributed by atoms with Gasteiger partial charge in [0.1, 0.15) is 5.75 Å². The first-order valence-corrected chi connectivity index (χ1v) is 7.44. The number of carbonyl (C=O) groups excluding carboxylic acids is 1. The lowest BCUT2D eigenvalue weighted by atomic mass is 10.2. The number of piperazine rings is 1. The molecule has 1 saturated carbocycles. The minimum atomic E-state index is 0.0990. The van der Waals surface area contributed by atoms with Crippen LogP contribution < -0.4 is 4.74 Å². The predicted molar refractivity (Wildman–Crippen MR) is 77.8 cm³/mol. The maximum atomic E-state index is 12.1. The third-order valence-electron chi connectivity index (χ3n) is 4.08. The number of hydrogen-bond donors (Lipinski definition) is 0. The van der Waals surface area contributed by atoms with E-state index in [1.54, 1.807) is 0 Å². The van der Waals surface area contributed by atoms with E-state index < -0.39 is 0 Å². The summed E-state index contributed by atoms with van der Waals surface area (Å²) in [4.78, 5) is 16.6. The fourth-order valence-electron chi connectivity index (χ4n) is 2.72. The number of aryl methyl sites for hydroxylation is 1. The molecule has 1 aromatic carbocycles. The van der Waals surface area contributed by atoms with Gasteiger partial charge in [0.2, 0.25) is 0 Å². The van der Waals surface area contributed by atoms with Gasteiger partial charge in [-0.15, -0.1) is 0 Å². The Labute approximate surface area is 120 Å². The van der Waals surface area contributed by atoms with Gasteiger partial charge in [-0.25, -0.2) is 0 Å². The Hall–Kier alpha value is -1.55. The first-order chi connectivity index (χ1) is 9.72. The third kappa shape index (κ3) is 3.31. The third-order valence-corrected chi connectivity index (χ3v) is 4.08. The molecule has 108 valence electrons. The molecule has 20 heavy (non-hydrogen) atoms. The summed E-state index contributed by atoms with van der Waals surface area (Å²) in [6.45, 7) is 5.87. The normalized spacial score (nSPS) is 19.9. The molecular formula is C16H22N2O2. The summed E-state index contributed by atoms with van der Waals surface area (Å²) in [7, 11) is 0. The van der Waals surface area contributed by atoms with E-state index in [4.69, 9.17) is 4.74 Å². The van der Waals surface area contributed by atoms with Crippen LogP contribution in [0.5, 0.6) is 5.75 Å². The lowest BCUT2D eigenvalue weighted by Gasteiger charge is -2.34. The minimum absolute atomic E-state index is 0.0990. The van der Waals surface area contributed by atoms with Crippen molar-refractivity contribution < 1.29 is 9.53 Å². The summed E-state index contributed by atoms with van der Waals surface area (Å²) >= 11 is 0. The highest BCUT2D eigenvalue weighted by atomic mass is 16.5. The number of ether oxygens (including phenoxy) is 1. The van der Waals surface area contributed by atoms with Gasteiger partial charge in [0.25, 0.3) is 5.91 Å². The molecule has 0 bridgehead atoms. The fraction of sp³-hybridized carbons (Fsp3) is 0.562. The Kier molecular flexibility index (Phi) is 3.92. The van der Waals surface area contributed by atoms with Crippen molar-refractivity contribution in [2.45, 2.75) is 25.8 Å². The summed E-state index contributed by atoms with van der Waals surface area (Å²) < 4.78 is 5.58. The molecule has 0 atom stereocenters. The first kappa shape index (κ1) is 13.4. The van der Waals surface area contributed by atoms with Crippen molar-refractivity contribution in [3.8, 4) is 5.75 Å². The van der Waals surface area contributed by atoms with Gasteiger partial charge in [-0.1, -0.05) is 12.1 Å². The maximum Gasteiger partial charge on any atom is 0.260 e. The van der Waals surface area contributed by atoms with Gasteiger partial charge in [-0.05, 0) is 37.5 Å². The van der Waals surface area contributed by atoms with E-state index in [9.17, 15) is 4.79 Å². The summed E-state index contributed by atoms with van der Waals surface area (Å²) in [5, 5.41) is 0. The second kappa shape index (κ2) is 5.83. The van der Waals surface area contributed by atoms with Crippen molar-refractivity contribution in [3.05, 3.63) is 29.8 Å². The molecule has 1 saturated heterocycles. The molecule has 1 aliphatic carbocycles. The van der Waals surface area contributed by atoms with Crippen molar-refractivity contribution in [2.75, 3.05) is 32.8 Å². The van der Waals surface area contributed by atoms with Gasteiger partial charge < -0.3 is 9.64 Å². The van der Waals surface area contributed by atoms with Crippen LogP contribution in [0.3, 0.4) is 0 Å². The molecule has 0 aromatic heterocycles. The van der Waals surface area contributed by atoms with Crippen LogP contribution in [0.15, 0.2) is 24.3 Å². The van der Waals surface area contributed by atoms with Crippen molar-refractivity contribution in [3.63, 3.8) is 0 Å². The highest BCUT2D eigenvalue weighted by Gasteiger charge is 2.32. The molecule has 0 spiro atoms. The van der Waals surface area contributed by atoms with E-state index in [0.29, 0.717) is 0 Å². The Bertz CT molecular complexity index is 477. The van der Waals surface area contributed by atoms with Gasteiger partial charge in [-0.2, -0.15) is 0 Å². The second-order valence-electron chi connectivity index (χ2n) is 5.75. The molecule has 0 N–H and O–H groups in total. The highest BCUT2D eigenvalue weighted by molar-refractivity contribution is 5.77. The molecule has 1 heterocycles. The van der Waals surface area contributed by atoms with Gasteiger partial charge in [0.05, 0.1) is 0 Å². The molecule has 1 aliphatic heterocycles. The molecular weight excluding hydrogens is 252 g/mol. The zero-order valence-electron chi connectivity index (χ0n) is 12.0. The first-order valence-electron chi connectivity index (χ1n) is 7.44. The molecule has 3 rings (SSSR count). The number of carbonyl (C=O) groups is 1. The summed E-state index contributed by atoms with van der Waals surface area (Å²) in [5.41, 5.74) is 1.15. The largest absolute Gasteiger partial charge is 0.484 e. The van der Waals surface area contributed by atoms with Crippen molar-refractivity contribution in [1.29, 1.82) is 0 Å². The van der Waals surface area contributed by atoms with Crippen LogP contribution in [0, 0.1) is 6.92 Å². The maximum absolute atomic E-state index is 12.1. The molecule has 1 aromatic rings. The standard InChI is InChI=1S/C16H22N2O2/c1-13-3-2-4-15(11-13)20-12-16(19)18-9-7-17(8-10-18)14-5-6-14/h2-4,11,14H,5-10,12H2,1H3. The van der Waals surface area contributed by atoms with Crippen LogP contribution in [-0.2, 0) is 4.79 Å². The van der Waals surface area contributed by atoms with Crippen LogP contribution in [0.4, 0.5) is 0 Å². The lowest BCUT2D eigenvalue weighted by molar-refractivity contribution is -0.135. The summed E-state index contributed by atoms with van der Waals surface area (Å²) in [6.07, 6.45) is 2.68. The molecule has 0 radical (unpaired) electrons. The molecule has 1 amide bonds.